The van der Waals surface area contributed by atoms with Crippen molar-refractivity contribution in [1.82, 2.24) is 0 Å². The van der Waals surface area contributed by atoms with Crippen molar-refractivity contribution < 1.29 is 18.6 Å². The second kappa shape index (κ2) is 9.32. The molecule has 0 aliphatic rings. The van der Waals surface area contributed by atoms with Crippen molar-refractivity contribution in [2.45, 2.75) is 0 Å². The monoisotopic (exact) mass is 492 g/mol. The topological polar surface area (TPSA) is 57.9 Å². The molecule has 32 heavy (non-hydrogen) atoms. The van der Waals surface area contributed by atoms with E-state index in [0.717, 1.165) is 21.3 Å². The molecule has 0 N–H and O–H groups in total. The van der Waals surface area contributed by atoms with E-state index in [1.54, 1.807) is 39.5 Å². The van der Waals surface area contributed by atoms with E-state index in [1.165, 1.54) is 6.07 Å². The van der Waals surface area contributed by atoms with Gasteiger partial charge in [-0.15, -0.1) is 0 Å². The highest BCUT2D eigenvalue weighted by molar-refractivity contribution is 9.10. The summed E-state index contributed by atoms with van der Waals surface area (Å²) in [7, 11) is 4.81. The first-order valence-electron chi connectivity index (χ1n) is 9.84. The second-order valence-electron chi connectivity index (χ2n) is 7.02. The van der Waals surface area contributed by atoms with Gasteiger partial charge < -0.3 is 18.6 Å². The van der Waals surface area contributed by atoms with Gasteiger partial charge in [-0.1, -0.05) is 40.2 Å². The Balaban J connectivity index is 1.90. The number of ether oxygens (including phenoxy) is 3. The molecule has 162 valence electrons. The van der Waals surface area contributed by atoms with Crippen LogP contribution in [-0.4, -0.2) is 21.3 Å². The first-order valence-corrected chi connectivity index (χ1v) is 10.6. The summed E-state index contributed by atoms with van der Waals surface area (Å²) in [5.41, 5.74) is 2.80. The van der Waals surface area contributed by atoms with Crippen LogP contribution in [0.5, 0.6) is 17.2 Å². The van der Waals surface area contributed by atoms with Gasteiger partial charge in [-0.3, -0.25) is 4.79 Å². The average Bonchev–Trinajstić information content (AvgIpc) is 2.81. The molecule has 4 rings (SSSR count). The van der Waals surface area contributed by atoms with Crippen LogP contribution in [0, 0.1) is 0 Å². The van der Waals surface area contributed by atoms with E-state index in [2.05, 4.69) is 15.9 Å². The van der Waals surface area contributed by atoms with E-state index in [0.29, 0.717) is 33.8 Å². The molecule has 0 fully saturated rings. The molecule has 4 aromatic rings. The number of benzene rings is 3. The Bertz CT molecular complexity index is 1350. The quantitative estimate of drug-likeness (QED) is 0.290. The summed E-state index contributed by atoms with van der Waals surface area (Å²) < 4.78 is 23.3. The maximum absolute atomic E-state index is 12.8. The summed E-state index contributed by atoms with van der Waals surface area (Å²) in [6.45, 7) is 0. The lowest BCUT2D eigenvalue weighted by atomic mass is 10.0. The fourth-order valence-corrected chi connectivity index (χ4v) is 3.78. The van der Waals surface area contributed by atoms with Crippen molar-refractivity contribution in [3.63, 3.8) is 0 Å². The molecule has 3 aromatic carbocycles. The molecule has 0 bridgehead atoms. The highest BCUT2D eigenvalue weighted by Gasteiger charge is 2.17. The number of hydrogen-bond acceptors (Lipinski definition) is 5. The van der Waals surface area contributed by atoms with Gasteiger partial charge in [0.05, 0.1) is 32.3 Å². The molecule has 0 aliphatic heterocycles. The minimum absolute atomic E-state index is 0.128. The Morgan fingerprint density at radius 2 is 1.56 bits per heavy atom. The minimum atomic E-state index is -0.128. The maximum Gasteiger partial charge on any atom is 0.193 e. The van der Waals surface area contributed by atoms with Crippen molar-refractivity contribution in [2.75, 3.05) is 21.3 Å². The lowest BCUT2D eigenvalue weighted by molar-refractivity contribution is 0.394. The highest BCUT2D eigenvalue weighted by atomic mass is 79.9. The van der Waals surface area contributed by atoms with Gasteiger partial charge in [0, 0.05) is 16.6 Å². The van der Waals surface area contributed by atoms with Crippen LogP contribution in [0.25, 0.3) is 34.4 Å². The van der Waals surface area contributed by atoms with Crippen LogP contribution in [0.2, 0.25) is 0 Å². The van der Waals surface area contributed by atoms with Crippen molar-refractivity contribution in [3.8, 4) is 28.6 Å². The fraction of sp³-hybridized carbons (Fsp3) is 0.115. The zero-order valence-corrected chi connectivity index (χ0v) is 19.4. The molecule has 0 saturated heterocycles. The van der Waals surface area contributed by atoms with Crippen LogP contribution in [0.1, 0.15) is 11.1 Å². The van der Waals surface area contributed by atoms with E-state index in [1.807, 2.05) is 48.6 Å². The molecule has 0 radical (unpaired) electrons. The SMILES string of the molecule is COc1ccc(/C=C/c2cc(OC)cc(OC)c2-c2cc(=O)c3ccc(Br)cc3o2)cc1. The third kappa shape index (κ3) is 4.41. The van der Waals surface area contributed by atoms with E-state index < -0.39 is 0 Å². The van der Waals surface area contributed by atoms with Crippen LogP contribution < -0.4 is 19.6 Å². The molecule has 1 heterocycles. The number of methoxy groups -OCH3 is 3. The van der Waals surface area contributed by atoms with E-state index in [4.69, 9.17) is 18.6 Å². The fourth-order valence-electron chi connectivity index (χ4n) is 3.44. The van der Waals surface area contributed by atoms with Crippen LogP contribution in [0.3, 0.4) is 0 Å². The molecule has 0 atom stereocenters. The molecule has 0 amide bonds. The lowest BCUT2D eigenvalue weighted by Gasteiger charge is -2.14. The summed E-state index contributed by atoms with van der Waals surface area (Å²) in [5, 5.41) is 0.514. The third-order valence-electron chi connectivity index (χ3n) is 5.07. The van der Waals surface area contributed by atoms with E-state index in [9.17, 15) is 4.79 Å². The number of halogens is 1. The molecular formula is C26H21BrO5. The normalized spacial score (nSPS) is 11.1. The standard InChI is InChI=1S/C26H21BrO5/c1-29-19-9-5-16(6-10-19)4-7-17-12-20(30-2)14-24(31-3)26(17)25-15-22(28)21-11-8-18(27)13-23(21)32-25/h4-15H,1-3H3/b7-4+. The van der Waals surface area contributed by atoms with Gasteiger partial charge in [-0.25, -0.2) is 0 Å². The van der Waals surface area contributed by atoms with Crippen LogP contribution in [-0.2, 0) is 0 Å². The van der Waals surface area contributed by atoms with E-state index in [-0.39, 0.29) is 5.43 Å². The van der Waals surface area contributed by atoms with Crippen molar-refractivity contribution in [2.24, 2.45) is 0 Å². The van der Waals surface area contributed by atoms with Crippen LogP contribution >= 0.6 is 15.9 Å². The zero-order valence-electron chi connectivity index (χ0n) is 17.8. The first kappa shape index (κ1) is 21.7. The molecule has 6 heteroatoms. The molecule has 0 unspecified atom stereocenters. The molecule has 0 saturated carbocycles. The second-order valence-corrected chi connectivity index (χ2v) is 7.93. The summed E-state index contributed by atoms with van der Waals surface area (Å²) in [5.74, 6) is 2.37. The third-order valence-corrected chi connectivity index (χ3v) is 5.56. The Hall–Kier alpha value is -3.51. The highest BCUT2D eigenvalue weighted by Crippen LogP contribution is 2.38. The maximum atomic E-state index is 12.8. The summed E-state index contributed by atoms with van der Waals surface area (Å²) in [4.78, 5) is 12.8. The summed E-state index contributed by atoms with van der Waals surface area (Å²) in [6, 6.07) is 18.2. The molecule has 0 aliphatic carbocycles. The van der Waals surface area contributed by atoms with Gasteiger partial charge >= 0.3 is 0 Å². The van der Waals surface area contributed by atoms with Crippen LogP contribution in [0.4, 0.5) is 0 Å². The Morgan fingerprint density at radius 1 is 0.812 bits per heavy atom. The van der Waals surface area contributed by atoms with Gasteiger partial charge in [0.15, 0.2) is 5.43 Å². The Morgan fingerprint density at radius 3 is 2.25 bits per heavy atom. The number of rotatable bonds is 6. The Kier molecular flexibility index (Phi) is 6.32. The van der Waals surface area contributed by atoms with Gasteiger partial charge in [0.25, 0.3) is 0 Å². The van der Waals surface area contributed by atoms with Crippen molar-refractivity contribution in [3.05, 3.63) is 86.5 Å². The molecule has 0 spiro atoms. The zero-order chi connectivity index (χ0) is 22.7. The first-order chi connectivity index (χ1) is 15.5. The minimum Gasteiger partial charge on any atom is -0.497 e. The van der Waals surface area contributed by atoms with Crippen LogP contribution in [0.15, 0.2) is 74.3 Å². The number of hydrogen-bond donors (Lipinski definition) is 0. The van der Waals surface area contributed by atoms with Crippen molar-refractivity contribution in [1.29, 1.82) is 0 Å². The average molecular weight is 493 g/mol. The summed E-state index contributed by atoms with van der Waals surface area (Å²) >= 11 is 3.44. The smallest absolute Gasteiger partial charge is 0.193 e. The van der Waals surface area contributed by atoms with E-state index >= 15 is 0 Å². The van der Waals surface area contributed by atoms with Crippen molar-refractivity contribution >= 4 is 39.1 Å². The molecule has 5 nitrogen and oxygen atoms in total. The molecule has 1 aromatic heterocycles. The molecular weight excluding hydrogens is 472 g/mol. The van der Waals surface area contributed by atoms with Gasteiger partial charge in [0.1, 0.15) is 28.6 Å². The lowest BCUT2D eigenvalue weighted by Crippen LogP contribution is -2.02. The number of fused-ring (bicyclic) bond motifs is 1. The largest absolute Gasteiger partial charge is 0.497 e. The van der Waals surface area contributed by atoms with Gasteiger partial charge in [-0.05, 0) is 47.5 Å². The summed E-state index contributed by atoms with van der Waals surface area (Å²) in [6.07, 6.45) is 3.90. The predicted octanol–water partition coefficient (Wildman–Crippen LogP) is 6.42. The van der Waals surface area contributed by atoms with Gasteiger partial charge in [0.2, 0.25) is 0 Å². The predicted molar refractivity (Wildman–Crippen MR) is 131 cm³/mol. The Labute approximate surface area is 194 Å². The van der Waals surface area contributed by atoms with Gasteiger partial charge in [-0.2, -0.15) is 0 Å².